The number of carbonyl (C=O) groups excluding carboxylic acids is 1. The molecule has 12 heteroatoms. The van der Waals surface area contributed by atoms with Crippen molar-refractivity contribution in [3.05, 3.63) is 52.3 Å². The van der Waals surface area contributed by atoms with Gasteiger partial charge in [-0.15, -0.1) is 11.3 Å². The molecule has 0 aliphatic carbocycles. The molecule has 1 saturated heterocycles. The molecule has 8 nitrogen and oxygen atoms in total. The maximum absolute atomic E-state index is 13.5. The molecule has 0 unspecified atom stereocenters. The Hall–Kier alpha value is -3.41. The zero-order valence-electron chi connectivity index (χ0n) is 18.1. The number of aryl methyl sites for hydroxylation is 1. The summed E-state index contributed by atoms with van der Waals surface area (Å²) in [6, 6.07) is 3.46. The van der Waals surface area contributed by atoms with E-state index in [2.05, 4.69) is 10.1 Å². The molecule has 34 heavy (non-hydrogen) atoms. The van der Waals surface area contributed by atoms with Crippen LogP contribution in [0, 0.1) is 6.92 Å². The highest BCUT2D eigenvalue weighted by Crippen LogP contribution is 2.37. The van der Waals surface area contributed by atoms with Gasteiger partial charge in [0, 0.05) is 29.6 Å². The standard InChI is InChI=1S/C22H21F3N4O4S/c1-13-18(12-29-11-15(10-26-29)21(31)32)27-20(34-13)14-7-16(22(23,24)25)9-17(8-14)33-6-5-28-4-2-3-19(28)30/h7-11H,2-6,12H2,1H3,(H,31,32). The first-order valence-electron chi connectivity index (χ1n) is 10.5. The molecule has 0 spiro atoms. The number of carbonyl (C=O) groups is 2. The first-order valence-corrected chi connectivity index (χ1v) is 11.3. The molecule has 4 rings (SSSR count). The number of likely N-dealkylation sites (tertiary alicyclic amines) is 1. The number of carboxylic acids is 1. The zero-order chi connectivity index (χ0) is 24.5. The molecule has 0 saturated carbocycles. The Morgan fingerprint density at radius 2 is 2.09 bits per heavy atom. The molecule has 0 bridgehead atoms. The van der Waals surface area contributed by atoms with Gasteiger partial charge in [-0.3, -0.25) is 9.48 Å². The number of alkyl halides is 3. The van der Waals surface area contributed by atoms with Gasteiger partial charge in [-0.25, -0.2) is 9.78 Å². The number of rotatable bonds is 8. The second-order valence-electron chi connectivity index (χ2n) is 7.83. The van der Waals surface area contributed by atoms with Crippen LogP contribution in [0.5, 0.6) is 5.75 Å². The van der Waals surface area contributed by atoms with E-state index in [1.165, 1.54) is 34.5 Å². The number of carboxylic acid groups (broad SMARTS) is 1. The molecular formula is C22H21F3N4O4S. The Balaban J connectivity index is 1.56. The average molecular weight is 494 g/mol. The summed E-state index contributed by atoms with van der Waals surface area (Å²) >= 11 is 1.23. The lowest BCUT2D eigenvalue weighted by Crippen LogP contribution is -2.29. The predicted octanol–water partition coefficient (Wildman–Crippen LogP) is 4.08. The summed E-state index contributed by atoms with van der Waals surface area (Å²) in [4.78, 5) is 29.7. The van der Waals surface area contributed by atoms with Crippen LogP contribution in [0.15, 0.2) is 30.6 Å². The molecular weight excluding hydrogens is 473 g/mol. The van der Waals surface area contributed by atoms with E-state index in [0.29, 0.717) is 30.2 Å². The largest absolute Gasteiger partial charge is 0.492 e. The van der Waals surface area contributed by atoms with Gasteiger partial charge in [0.1, 0.15) is 17.4 Å². The van der Waals surface area contributed by atoms with Crippen molar-refractivity contribution in [3.63, 3.8) is 0 Å². The van der Waals surface area contributed by atoms with Gasteiger partial charge >= 0.3 is 12.1 Å². The molecule has 1 amide bonds. The van der Waals surface area contributed by atoms with E-state index < -0.39 is 17.7 Å². The van der Waals surface area contributed by atoms with Crippen LogP contribution in [0.2, 0.25) is 0 Å². The zero-order valence-corrected chi connectivity index (χ0v) is 18.9. The lowest BCUT2D eigenvalue weighted by Gasteiger charge is -2.17. The van der Waals surface area contributed by atoms with E-state index >= 15 is 0 Å². The molecule has 1 fully saturated rings. The first-order chi connectivity index (χ1) is 16.1. The van der Waals surface area contributed by atoms with Crippen molar-refractivity contribution in [2.45, 2.75) is 32.5 Å². The Morgan fingerprint density at radius 1 is 1.29 bits per heavy atom. The van der Waals surface area contributed by atoms with E-state index in [0.717, 1.165) is 23.4 Å². The minimum Gasteiger partial charge on any atom is -0.492 e. The summed E-state index contributed by atoms with van der Waals surface area (Å²) in [5, 5.41) is 13.4. The third-order valence-electron chi connectivity index (χ3n) is 5.37. The molecule has 180 valence electrons. The van der Waals surface area contributed by atoms with Crippen molar-refractivity contribution in [3.8, 4) is 16.3 Å². The van der Waals surface area contributed by atoms with Gasteiger partial charge in [-0.05, 0) is 31.5 Å². The summed E-state index contributed by atoms with van der Waals surface area (Å²) in [7, 11) is 0. The quantitative estimate of drug-likeness (QED) is 0.507. The van der Waals surface area contributed by atoms with Crippen LogP contribution in [0.4, 0.5) is 13.2 Å². The second-order valence-corrected chi connectivity index (χ2v) is 9.03. The number of benzene rings is 1. The Morgan fingerprint density at radius 3 is 2.74 bits per heavy atom. The predicted molar refractivity (Wildman–Crippen MR) is 117 cm³/mol. The second kappa shape index (κ2) is 9.45. The highest BCUT2D eigenvalue weighted by molar-refractivity contribution is 7.15. The van der Waals surface area contributed by atoms with Crippen molar-refractivity contribution in [2.75, 3.05) is 19.7 Å². The minimum atomic E-state index is -4.57. The number of halogens is 3. The molecule has 1 N–H and O–H groups in total. The monoisotopic (exact) mass is 494 g/mol. The van der Waals surface area contributed by atoms with E-state index in [-0.39, 0.29) is 35.9 Å². The van der Waals surface area contributed by atoms with Gasteiger partial charge in [0.25, 0.3) is 0 Å². The lowest BCUT2D eigenvalue weighted by atomic mass is 10.1. The first kappa shape index (κ1) is 23.7. The van der Waals surface area contributed by atoms with Crippen molar-refractivity contribution < 1.29 is 32.6 Å². The van der Waals surface area contributed by atoms with E-state index in [4.69, 9.17) is 9.84 Å². The third-order valence-corrected chi connectivity index (χ3v) is 6.43. The molecule has 1 aromatic carbocycles. The van der Waals surface area contributed by atoms with E-state index in [9.17, 15) is 22.8 Å². The van der Waals surface area contributed by atoms with Crippen LogP contribution in [0.3, 0.4) is 0 Å². The average Bonchev–Trinajstić information content (AvgIpc) is 3.49. The van der Waals surface area contributed by atoms with Gasteiger partial charge in [0.2, 0.25) is 5.91 Å². The summed E-state index contributed by atoms with van der Waals surface area (Å²) in [5.74, 6) is -1.04. The number of ether oxygens (including phenoxy) is 1. The van der Waals surface area contributed by atoms with Crippen molar-refractivity contribution >= 4 is 23.2 Å². The maximum atomic E-state index is 13.5. The summed E-state index contributed by atoms with van der Waals surface area (Å²) < 4.78 is 47.6. The number of hydrogen-bond donors (Lipinski definition) is 1. The Bertz CT molecular complexity index is 1220. The fraction of sp³-hybridized carbons (Fsp3) is 0.364. The highest BCUT2D eigenvalue weighted by Gasteiger charge is 2.32. The smallest absolute Gasteiger partial charge is 0.416 e. The van der Waals surface area contributed by atoms with Crippen LogP contribution in [-0.4, -0.2) is 56.3 Å². The normalized spacial score (nSPS) is 14.1. The summed E-state index contributed by atoms with van der Waals surface area (Å²) in [6.07, 6.45) is -0.736. The topological polar surface area (TPSA) is 97.6 Å². The van der Waals surface area contributed by atoms with E-state index in [1.54, 1.807) is 11.8 Å². The van der Waals surface area contributed by atoms with Gasteiger partial charge in [0.15, 0.2) is 0 Å². The van der Waals surface area contributed by atoms with E-state index in [1.807, 2.05) is 0 Å². The number of hydrogen-bond acceptors (Lipinski definition) is 6. The number of amides is 1. The fourth-order valence-electron chi connectivity index (χ4n) is 3.60. The van der Waals surface area contributed by atoms with Gasteiger partial charge in [-0.2, -0.15) is 18.3 Å². The number of nitrogens with zero attached hydrogens (tertiary/aromatic N) is 4. The highest BCUT2D eigenvalue weighted by atomic mass is 32.1. The number of aromatic carboxylic acids is 1. The Kier molecular flexibility index (Phi) is 6.60. The number of thiazole rings is 1. The van der Waals surface area contributed by atoms with Crippen molar-refractivity contribution in [2.24, 2.45) is 0 Å². The van der Waals surface area contributed by atoms with Crippen LogP contribution in [0.25, 0.3) is 10.6 Å². The van der Waals surface area contributed by atoms with Crippen molar-refractivity contribution in [1.29, 1.82) is 0 Å². The van der Waals surface area contributed by atoms with Gasteiger partial charge in [-0.1, -0.05) is 0 Å². The van der Waals surface area contributed by atoms with Crippen LogP contribution in [0.1, 0.15) is 39.3 Å². The molecule has 2 aromatic heterocycles. The fourth-order valence-corrected chi connectivity index (χ4v) is 4.51. The third kappa shape index (κ3) is 5.38. The molecule has 0 atom stereocenters. The molecule has 1 aliphatic heterocycles. The molecule has 3 heterocycles. The van der Waals surface area contributed by atoms with Crippen LogP contribution < -0.4 is 4.74 Å². The van der Waals surface area contributed by atoms with Crippen LogP contribution in [-0.2, 0) is 17.5 Å². The number of aromatic nitrogens is 3. The summed E-state index contributed by atoms with van der Waals surface area (Å²) in [5.41, 5.74) is 0.00816. The lowest BCUT2D eigenvalue weighted by molar-refractivity contribution is -0.137. The molecule has 3 aromatic rings. The van der Waals surface area contributed by atoms with Crippen molar-refractivity contribution in [1.82, 2.24) is 19.7 Å². The molecule has 0 radical (unpaired) electrons. The van der Waals surface area contributed by atoms with Gasteiger partial charge < -0.3 is 14.7 Å². The summed E-state index contributed by atoms with van der Waals surface area (Å²) in [6.45, 7) is 2.99. The molecule has 1 aliphatic rings. The SMILES string of the molecule is Cc1sc(-c2cc(OCCN3CCCC3=O)cc(C(F)(F)F)c2)nc1Cn1cc(C(=O)O)cn1. The Labute approximate surface area is 196 Å². The minimum absolute atomic E-state index is 0.0202. The van der Waals surface area contributed by atoms with Crippen LogP contribution >= 0.6 is 11.3 Å². The maximum Gasteiger partial charge on any atom is 0.416 e. The van der Waals surface area contributed by atoms with Gasteiger partial charge in [0.05, 0.1) is 36.1 Å².